The summed E-state index contributed by atoms with van der Waals surface area (Å²) in [5, 5.41) is 74.4. The Morgan fingerprint density at radius 2 is 1.34 bits per heavy atom. The average Bonchev–Trinajstić information content (AvgIpc) is 2.88. The molecule has 0 unspecified atom stereocenters. The topological polar surface area (TPSA) is 173 Å². The van der Waals surface area contributed by atoms with Crippen LogP contribution in [0.5, 0.6) is 5.88 Å². The fraction of sp³-hybridized carbons (Fsp3) is 0.750. The first-order chi connectivity index (χ1) is 14.9. The van der Waals surface area contributed by atoms with E-state index in [1.165, 1.54) is 6.20 Å². The van der Waals surface area contributed by atoms with Crippen LogP contribution in [0, 0.1) is 0 Å². The van der Waals surface area contributed by atoms with Crippen molar-refractivity contribution < 1.29 is 52.8 Å². The largest absolute Gasteiger partial charge is 6.00 e. The third kappa shape index (κ3) is 8.15. The number of aliphatic hydroxyl groups excluding tert-OH is 4. The first-order valence-corrected chi connectivity index (χ1v) is 10.5. The number of hydrogen-bond acceptors (Lipinski definition) is 11. The van der Waals surface area contributed by atoms with Gasteiger partial charge in [-0.05, 0) is 17.5 Å². The standard InChI is InChI=1S/C20H34N4O7.Fe/c25-11-16(18(29)13-27)23-6-4-22(10-15-2-1-3-21-20(15)31)5-7-24(9-8-23)17(12-26)19(30)14-28;/h1-3,16-19,27-30H,4-14H2,(H,21,31);/q-2;+6/p-1/t16-,17-,18-,19-;/m1./s1. The van der Waals surface area contributed by atoms with Crippen LogP contribution in [0.4, 0.5) is 0 Å². The third-order valence-corrected chi connectivity index (χ3v) is 5.87. The molecular formula is C20H33FeN4O7+3. The van der Waals surface area contributed by atoms with Gasteiger partial charge in [0, 0.05) is 64.1 Å². The number of rotatable bonds is 10. The zero-order valence-corrected chi connectivity index (χ0v) is 19.1. The Bertz CT molecular complexity index is 618. The van der Waals surface area contributed by atoms with Crippen LogP contribution in [-0.4, -0.2) is 130 Å². The summed E-state index contributed by atoms with van der Waals surface area (Å²) in [7, 11) is 0. The molecule has 1 aromatic heterocycles. The summed E-state index contributed by atoms with van der Waals surface area (Å²) in [5.41, 5.74) is 0.520. The second kappa shape index (κ2) is 15.1. The molecule has 1 aliphatic heterocycles. The van der Waals surface area contributed by atoms with Crippen LogP contribution in [0.2, 0.25) is 0 Å². The Morgan fingerprint density at radius 1 is 0.875 bits per heavy atom. The van der Waals surface area contributed by atoms with Crippen LogP contribution in [0.15, 0.2) is 18.3 Å². The monoisotopic (exact) mass is 497 g/mol. The van der Waals surface area contributed by atoms with Gasteiger partial charge in [0.2, 0.25) is 0 Å². The number of hydrogen-bond donors (Lipinski definition) is 4. The summed E-state index contributed by atoms with van der Waals surface area (Å²) in [6.07, 6.45) is -0.979. The maximum atomic E-state index is 12.0. The molecule has 0 radical (unpaired) electrons. The van der Waals surface area contributed by atoms with E-state index >= 15 is 0 Å². The van der Waals surface area contributed by atoms with Gasteiger partial charge in [-0.3, -0.25) is 19.7 Å². The normalized spacial score (nSPS) is 20.9. The van der Waals surface area contributed by atoms with Crippen molar-refractivity contribution in [3.63, 3.8) is 0 Å². The van der Waals surface area contributed by atoms with Crippen molar-refractivity contribution in [3.05, 3.63) is 23.9 Å². The second-order valence-electron chi connectivity index (χ2n) is 7.78. The van der Waals surface area contributed by atoms with E-state index in [2.05, 4.69) is 4.98 Å². The van der Waals surface area contributed by atoms with Gasteiger partial charge in [-0.1, -0.05) is 6.07 Å². The predicted molar refractivity (Wildman–Crippen MR) is 106 cm³/mol. The van der Waals surface area contributed by atoms with E-state index in [0.717, 1.165) is 0 Å². The maximum absolute atomic E-state index is 12.0. The second-order valence-corrected chi connectivity index (χ2v) is 7.78. The molecular weight excluding hydrogens is 464 g/mol. The van der Waals surface area contributed by atoms with Crippen molar-refractivity contribution in [1.29, 1.82) is 0 Å². The summed E-state index contributed by atoms with van der Waals surface area (Å²) < 4.78 is 0. The van der Waals surface area contributed by atoms with Crippen LogP contribution in [0.3, 0.4) is 0 Å². The van der Waals surface area contributed by atoms with E-state index in [0.29, 0.717) is 51.4 Å². The molecule has 0 aliphatic carbocycles. The molecule has 1 aliphatic rings. The molecule has 1 saturated heterocycles. The minimum absolute atomic E-state index is 0. The Hall–Kier alpha value is -0.891. The zero-order chi connectivity index (χ0) is 22.8. The number of pyridine rings is 1. The van der Waals surface area contributed by atoms with Crippen molar-refractivity contribution in [1.82, 2.24) is 19.7 Å². The van der Waals surface area contributed by atoms with Crippen molar-refractivity contribution in [3.8, 4) is 5.88 Å². The Kier molecular flexibility index (Phi) is 13.7. The van der Waals surface area contributed by atoms with Crippen molar-refractivity contribution in [2.45, 2.75) is 30.8 Å². The molecule has 0 saturated carbocycles. The molecule has 0 aromatic carbocycles. The summed E-state index contributed by atoms with van der Waals surface area (Å²) in [5.74, 6) is -0.322. The molecule has 1 aromatic rings. The molecule has 11 nitrogen and oxygen atoms in total. The molecule has 0 spiro atoms. The zero-order valence-electron chi connectivity index (χ0n) is 18.0. The quantitative estimate of drug-likeness (QED) is 0.228. The molecule has 4 N–H and O–H groups in total. The van der Waals surface area contributed by atoms with Gasteiger partial charge in [0.25, 0.3) is 0 Å². The minimum Gasteiger partial charge on any atom is -0.858 e. The molecule has 4 atom stereocenters. The van der Waals surface area contributed by atoms with Crippen LogP contribution in [0.1, 0.15) is 5.56 Å². The molecule has 12 heteroatoms. The average molecular weight is 497 g/mol. The Labute approximate surface area is 199 Å². The maximum Gasteiger partial charge on any atom is 6.00 e. The summed E-state index contributed by atoms with van der Waals surface area (Å²) in [6, 6.07) is 1.76. The van der Waals surface area contributed by atoms with Gasteiger partial charge in [-0.2, -0.15) is 0 Å². The fourth-order valence-corrected chi connectivity index (χ4v) is 3.90. The molecule has 1 fully saturated rings. The van der Waals surface area contributed by atoms with Crippen LogP contribution in [0.25, 0.3) is 0 Å². The molecule has 32 heavy (non-hydrogen) atoms. The van der Waals surface area contributed by atoms with Gasteiger partial charge in [-0.15, -0.1) is 13.2 Å². The first kappa shape index (κ1) is 29.1. The Morgan fingerprint density at radius 3 is 1.75 bits per heavy atom. The van der Waals surface area contributed by atoms with Crippen molar-refractivity contribution >= 4 is 0 Å². The van der Waals surface area contributed by atoms with Gasteiger partial charge < -0.3 is 35.7 Å². The van der Waals surface area contributed by atoms with Gasteiger partial charge in [-0.25, -0.2) is 0 Å². The van der Waals surface area contributed by atoms with E-state index in [4.69, 9.17) is 0 Å². The van der Waals surface area contributed by atoms with Crippen molar-refractivity contribution in [2.24, 2.45) is 0 Å². The van der Waals surface area contributed by atoms with Gasteiger partial charge in [0.1, 0.15) is 0 Å². The minimum atomic E-state index is -1.20. The van der Waals surface area contributed by atoms with Crippen molar-refractivity contribution in [2.75, 3.05) is 65.7 Å². The van der Waals surface area contributed by atoms with Crippen LogP contribution < -0.4 is 15.3 Å². The molecule has 2 rings (SSSR count). The number of aliphatic hydroxyl groups is 4. The van der Waals surface area contributed by atoms with E-state index < -0.39 is 50.7 Å². The summed E-state index contributed by atoms with van der Waals surface area (Å²) >= 11 is 0. The smallest absolute Gasteiger partial charge is 0.858 e. The van der Waals surface area contributed by atoms with E-state index in [-0.39, 0.29) is 22.9 Å². The SMILES string of the molecule is [Fe+6].[O-]C[C@H]([C@H](O)CO)N1CCN(Cc2cccnc2[O-])CCN([C@H](C[O-])[C@H](O)CO)CC1. The summed E-state index contributed by atoms with van der Waals surface area (Å²) in [6.45, 7) is 0.494. The van der Waals surface area contributed by atoms with Crippen LogP contribution in [-0.2, 0) is 23.6 Å². The number of aromatic nitrogens is 1. The third-order valence-electron chi connectivity index (χ3n) is 5.87. The molecule has 0 amide bonds. The van der Waals surface area contributed by atoms with E-state index in [1.807, 2.05) is 4.90 Å². The molecule has 0 bridgehead atoms. The number of nitrogens with zero attached hydrogens (tertiary/aromatic N) is 4. The van der Waals surface area contributed by atoms with E-state index in [1.54, 1.807) is 21.9 Å². The van der Waals surface area contributed by atoms with Gasteiger partial charge >= 0.3 is 17.1 Å². The summed E-state index contributed by atoms with van der Waals surface area (Å²) in [4.78, 5) is 9.31. The molecule has 180 valence electrons. The fourth-order valence-electron chi connectivity index (χ4n) is 3.90. The van der Waals surface area contributed by atoms with Gasteiger partial charge in [0.05, 0.1) is 25.4 Å². The van der Waals surface area contributed by atoms with E-state index in [9.17, 15) is 35.7 Å². The van der Waals surface area contributed by atoms with Gasteiger partial charge in [0.15, 0.2) is 0 Å². The first-order valence-electron chi connectivity index (χ1n) is 10.5. The molecule has 2 heterocycles. The van der Waals surface area contributed by atoms with Crippen LogP contribution >= 0.6 is 0 Å². The predicted octanol–water partition coefficient (Wildman–Crippen LogP) is -5.26. The Balaban J connectivity index is 0.00000512.